The number of amides is 3. The molecule has 2 aromatic rings. The maximum absolute atomic E-state index is 13.8. The number of rotatable bonds is 3. The maximum Gasteiger partial charge on any atom is 0.246 e. The summed E-state index contributed by atoms with van der Waals surface area (Å²) in [7, 11) is 1.55. The predicted octanol–water partition coefficient (Wildman–Crippen LogP) is 3.63. The van der Waals surface area contributed by atoms with Crippen LogP contribution in [0.3, 0.4) is 0 Å². The molecule has 4 rings (SSSR count). The molecule has 0 bridgehead atoms. The summed E-state index contributed by atoms with van der Waals surface area (Å²) in [6.45, 7) is 6.27. The van der Waals surface area contributed by atoms with E-state index in [-0.39, 0.29) is 24.3 Å². The highest BCUT2D eigenvalue weighted by Crippen LogP contribution is 2.28. The maximum atomic E-state index is 13.8. The summed E-state index contributed by atoms with van der Waals surface area (Å²) >= 11 is 0. The zero-order chi connectivity index (χ0) is 32.0. The molecule has 4 N–H and O–H groups in total. The van der Waals surface area contributed by atoms with Gasteiger partial charge in [-0.2, -0.15) is 0 Å². The van der Waals surface area contributed by atoms with Gasteiger partial charge >= 0.3 is 0 Å². The van der Waals surface area contributed by atoms with Crippen LogP contribution >= 0.6 is 0 Å². The summed E-state index contributed by atoms with van der Waals surface area (Å²) < 4.78 is 6.07. The van der Waals surface area contributed by atoms with Crippen molar-refractivity contribution < 1.29 is 24.2 Å². The predicted molar refractivity (Wildman–Crippen MR) is 173 cm³/mol. The number of hydrogen-bond acceptors (Lipinski definition) is 6. The molecule has 9 nitrogen and oxygen atoms in total. The number of ether oxygens (including phenoxy) is 1. The quantitative estimate of drug-likeness (QED) is 0.423. The van der Waals surface area contributed by atoms with Gasteiger partial charge in [-0.3, -0.25) is 14.4 Å². The van der Waals surface area contributed by atoms with Gasteiger partial charge in [-0.1, -0.05) is 74.7 Å². The fourth-order valence-corrected chi connectivity index (χ4v) is 6.01. The summed E-state index contributed by atoms with van der Waals surface area (Å²) in [5.41, 5.74) is 0.969. The normalized spacial score (nSPS) is 21.8. The number of nitrogens with one attached hydrogen (secondary N) is 3. The fraction of sp³-hybridized carbons (Fsp3) is 0.571. The second-order valence-electron chi connectivity index (χ2n) is 12.3. The molecule has 9 heteroatoms. The molecular formula is C35H52N4O5. The van der Waals surface area contributed by atoms with Crippen LogP contribution in [0.2, 0.25) is 0 Å². The van der Waals surface area contributed by atoms with Crippen LogP contribution < -0.4 is 20.7 Å². The van der Waals surface area contributed by atoms with E-state index in [9.17, 15) is 19.5 Å². The Kier molecular flexibility index (Phi) is 14.1. The zero-order valence-corrected chi connectivity index (χ0v) is 26.9. The molecule has 0 radical (unpaired) electrons. The van der Waals surface area contributed by atoms with Crippen molar-refractivity contribution in [3.8, 4) is 5.75 Å². The van der Waals surface area contributed by atoms with E-state index in [0.29, 0.717) is 19.7 Å². The van der Waals surface area contributed by atoms with E-state index >= 15 is 0 Å². The number of benzene rings is 2. The minimum absolute atomic E-state index is 0.142. The SMILES string of the molecule is CCc1ccccc1.CN1C(=O)C(C2CCCCC2)NCCOc2ccccc2CCCNC(=O)CNC(=O)C1C(C)(C)O. The lowest BCUT2D eigenvalue weighted by molar-refractivity contribution is -0.150. The van der Waals surface area contributed by atoms with Gasteiger partial charge in [0, 0.05) is 20.1 Å². The minimum Gasteiger partial charge on any atom is -0.492 e. The Morgan fingerprint density at radius 2 is 1.59 bits per heavy atom. The monoisotopic (exact) mass is 608 g/mol. The van der Waals surface area contributed by atoms with Gasteiger partial charge in [0.25, 0.3) is 0 Å². The molecule has 2 aromatic carbocycles. The van der Waals surface area contributed by atoms with Crippen LogP contribution in [0.4, 0.5) is 0 Å². The molecule has 1 fully saturated rings. The van der Waals surface area contributed by atoms with Crippen LogP contribution in [-0.4, -0.2) is 78.7 Å². The first kappa shape index (κ1) is 35.1. The number of hydrogen-bond donors (Lipinski definition) is 4. The fourth-order valence-electron chi connectivity index (χ4n) is 6.01. The molecule has 2 unspecified atom stereocenters. The van der Waals surface area contributed by atoms with Crippen molar-refractivity contribution in [2.45, 2.75) is 89.8 Å². The Labute approximate surface area is 263 Å². The van der Waals surface area contributed by atoms with E-state index in [0.717, 1.165) is 62.7 Å². The molecule has 0 spiro atoms. The van der Waals surface area contributed by atoms with E-state index < -0.39 is 23.6 Å². The third kappa shape index (κ3) is 10.9. The van der Waals surface area contributed by atoms with Crippen LogP contribution in [0.25, 0.3) is 0 Å². The molecular weight excluding hydrogens is 556 g/mol. The summed E-state index contributed by atoms with van der Waals surface area (Å²) in [4.78, 5) is 40.5. The Bertz CT molecular complexity index is 1180. The smallest absolute Gasteiger partial charge is 0.246 e. The van der Waals surface area contributed by atoms with Gasteiger partial charge in [0.1, 0.15) is 18.4 Å². The Morgan fingerprint density at radius 3 is 2.25 bits per heavy atom. The Balaban J connectivity index is 0.000000572. The van der Waals surface area contributed by atoms with Crippen LogP contribution in [0, 0.1) is 5.92 Å². The molecule has 1 heterocycles. The Hall–Kier alpha value is -3.43. The van der Waals surface area contributed by atoms with Gasteiger partial charge in [0.2, 0.25) is 17.7 Å². The molecule has 0 saturated heterocycles. The number of fused-ring (bicyclic) bond motifs is 1. The highest BCUT2D eigenvalue weighted by atomic mass is 16.5. The molecule has 242 valence electrons. The van der Waals surface area contributed by atoms with Gasteiger partial charge in [-0.05, 0) is 69.1 Å². The first-order chi connectivity index (χ1) is 21.1. The second kappa shape index (κ2) is 17.8. The highest BCUT2D eigenvalue weighted by molar-refractivity contribution is 5.92. The first-order valence-corrected chi connectivity index (χ1v) is 16.1. The van der Waals surface area contributed by atoms with Crippen molar-refractivity contribution in [1.29, 1.82) is 0 Å². The van der Waals surface area contributed by atoms with E-state index in [1.165, 1.54) is 24.3 Å². The van der Waals surface area contributed by atoms with Crippen molar-refractivity contribution >= 4 is 17.7 Å². The molecule has 44 heavy (non-hydrogen) atoms. The lowest BCUT2D eigenvalue weighted by Gasteiger charge is -2.39. The number of nitrogens with zero attached hydrogens (tertiary/aromatic N) is 1. The number of aryl methyl sites for hydroxylation is 2. The third-order valence-corrected chi connectivity index (χ3v) is 8.36. The van der Waals surface area contributed by atoms with Crippen molar-refractivity contribution in [2.24, 2.45) is 5.92 Å². The molecule has 3 amide bonds. The van der Waals surface area contributed by atoms with Crippen molar-refractivity contribution in [1.82, 2.24) is 20.9 Å². The summed E-state index contributed by atoms with van der Waals surface area (Å²) in [5, 5.41) is 19.6. The topological polar surface area (TPSA) is 120 Å². The molecule has 2 atom stereocenters. The molecule has 1 saturated carbocycles. The van der Waals surface area contributed by atoms with Crippen LogP contribution in [0.15, 0.2) is 54.6 Å². The first-order valence-electron chi connectivity index (χ1n) is 16.1. The van der Waals surface area contributed by atoms with Crippen molar-refractivity contribution in [3.05, 3.63) is 65.7 Å². The van der Waals surface area contributed by atoms with Gasteiger partial charge < -0.3 is 30.7 Å². The average molecular weight is 609 g/mol. The molecule has 2 aliphatic rings. The average Bonchev–Trinajstić information content (AvgIpc) is 3.02. The zero-order valence-electron chi connectivity index (χ0n) is 26.9. The number of likely N-dealkylation sites (N-methyl/N-ethyl adjacent to an activating group) is 1. The van der Waals surface area contributed by atoms with Crippen LogP contribution in [0.5, 0.6) is 5.75 Å². The number of carbonyl (C=O) groups is 3. The Morgan fingerprint density at radius 1 is 0.909 bits per heavy atom. The van der Waals surface area contributed by atoms with Crippen molar-refractivity contribution in [3.63, 3.8) is 0 Å². The third-order valence-electron chi connectivity index (χ3n) is 8.36. The van der Waals surface area contributed by atoms with E-state index in [1.807, 2.05) is 30.3 Å². The van der Waals surface area contributed by atoms with E-state index in [4.69, 9.17) is 4.74 Å². The largest absolute Gasteiger partial charge is 0.492 e. The van der Waals surface area contributed by atoms with Gasteiger partial charge in [0.15, 0.2) is 0 Å². The van der Waals surface area contributed by atoms with Crippen molar-refractivity contribution in [2.75, 3.05) is 33.3 Å². The number of carbonyl (C=O) groups excluding carboxylic acids is 3. The lowest BCUT2D eigenvalue weighted by Crippen LogP contribution is -2.62. The molecule has 0 aromatic heterocycles. The minimum atomic E-state index is -1.50. The summed E-state index contributed by atoms with van der Waals surface area (Å²) in [6, 6.07) is 16.7. The van der Waals surface area contributed by atoms with Gasteiger partial charge in [-0.15, -0.1) is 0 Å². The summed E-state index contributed by atoms with van der Waals surface area (Å²) in [5.74, 6) is -0.176. The van der Waals surface area contributed by atoms with E-state index in [1.54, 1.807) is 7.05 Å². The lowest BCUT2D eigenvalue weighted by atomic mass is 9.82. The van der Waals surface area contributed by atoms with Crippen LogP contribution in [-0.2, 0) is 27.2 Å². The van der Waals surface area contributed by atoms with Gasteiger partial charge in [0.05, 0.1) is 18.2 Å². The second-order valence-corrected chi connectivity index (χ2v) is 12.3. The number of para-hydroxylation sites is 1. The highest BCUT2D eigenvalue weighted by Gasteiger charge is 2.42. The molecule has 1 aliphatic heterocycles. The summed E-state index contributed by atoms with van der Waals surface area (Å²) in [6.07, 6.45) is 7.75. The number of aliphatic hydroxyl groups is 1. The van der Waals surface area contributed by atoms with Gasteiger partial charge in [-0.25, -0.2) is 0 Å². The van der Waals surface area contributed by atoms with Crippen LogP contribution in [0.1, 0.15) is 70.4 Å². The standard InChI is InChI=1S/C27H42N4O5.C8H10/c1-27(2,35)24-25(33)30-18-22(32)28-15-9-13-19-10-7-8-14-21(19)36-17-16-29-23(26(34)31(24)3)20-11-5-4-6-12-20;1-2-8-6-4-3-5-7-8/h7-8,10,14,20,23-24,29,35H,4-6,9,11-13,15-18H2,1-3H3,(H,28,32)(H,30,33);3-7H,2H2,1H3. The van der Waals surface area contributed by atoms with E-state index in [2.05, 4.69) is 47.1 Å². The molecule has 1 aliphatic carbocycles.